The molecule has 2 aliphatic heterocycles. The molecule has 0 radical (unpaired) electrons. The zero-order chi connectivity index (χ0) is 17.9. The van der Waals surface area contributed by atoms with Crippen LogP contribution >= 0.6 is 11.8 Å². The van der Waals surface area contributed by atoms with Crippen LogP contribution in [-0.2, 0) is 11.8 Å². The van der Waals surface area contributed by atoms with Crippen molar-refractivity contribution in [2.75, 3.05) is 36.9 Å². The molecule has 1 unspecified atom stereocenters. The molecule has 1 atom stereocenters. The first-order valence-corrected chi connectivity index (χ1v) is 9.97. The van der Waals surface area contributed by atoms with Crippen LogP contribution < -0.4 is 15.0 Å². The number of fused-ring (bicyclic) bond motifs is 1. The van der Waals surface area contributed by atoms with E-state index in [0.29, 0.717) is 24.8 Å². The van der Waals surface area contributed by atoms with Crippen molar-refractivity contribution in [3.8, 4) is 5.75 Å². The molecule has 4 rings (SSSR count). The number of thioether (sulfide) groups is 1. The first-order valence-electron chi connectivity index (χ1n) is 8.99. The van der Waals surface area contributed by atoms with Gasteiger partial charge in [0.05, 0.1) is 18.0 Å². The summed E-state index contributed by atoms with van der Waals surface area (Å²) in [7, 11) is 1.99. The molecule has 2 aromatic rings. The van der Waals surface area contributed by atoms with Gasteiger partial charge in [0, 0.05) is 19.5 Å². The van der Waals surface area contributed by atoms with Gasteiger partial charge in [0.15, 0.2) is 5.16 Å². The van der Waals surface area contributed by atoms with E-state index in [1.165, 1.54) is 11.8 Å². The van der Waals surface area contributed by atoms with E-state index in [0.717, 1.165) is 48.3 Å². The lowest BCUT2D eigenvalue weighted by Gasteiger charge is -2.29. The van der Waals surface area contributed by atoms with Gasteiger partial charge in [-0.15, -0.1) is 10.2 Å². The van der Waals surface area contributed by atoms with Gasteiger partial charge in [0.2, 0.25) is 5.91 Å². The molecule has 138 valence electrons. The van der Waals surface area contributed by atoms with Gasteiger partial charge in [-0.3, -0.25) is 4.79 Å². The smallest absolute Gasteiger partial charge is 0.237 e. The highest BCUT2D eigenvalue weighted by Crippen LogP contribution is 2.32. The minimum atomic E-state index is 0.0645. The summed E-state index contributed by atoms with van der Waals surface area (Å²) in [5.41, 5.74) is 0.844. The summed E-state index contributed by atoms with van der Waals surface area (Å²) < 4.78 is 7.65. The number of carbonyl (C=O) groups excluding carboxylic acids is 1. The zero-order valence-electron chi connectivity index (χ0n) is 14.9. The van der Waals surface area contributed by atoms with Crippen LogP contribution in [0.1, 0.15) is 24.6 Å². The Kier molecular flexibility index (Phi) is 5.12. The molecule has 1 N–H and O–H groups in total. The lowest BCUT2D eigenvalue weighted by molar-refractivity contribution is -0.116. The third-order valence-electron chi connectivity index (χ3n) is 4.88. The van der Waals surface area contributed by atoms with Gasteiger partial charge in [0.25, 0.3) is 0 Å². The van der Waals surface area contributed by atoms with Gasteiger partial charge in [-0.25, -0.2) is 0 Å². The highest BCUT2D eigenvalue weighted by Gasteiger charge is 2.25. The van der Waals surface area contributed by atoms with Crippen LogP contribution in [0.25, 0.3) is 0 Å². The highest BCUT2D eigenvalue weighted by molar-refractivity contribution is 7.99. The normalized spacial score (nSPS) is 19.7. The number of benzene rings is 1. The Bertz CT molecular complexity index is 788. The molecule has 0 saturated carbocycles. The van der Waals surface area contributed by atoms with Crippen LogP contribution in [-0.4, -0.2) is 52.7 Å². The Morgan fingerprint density at radius 1 is 1.38 bits per heavy atom. The number of piperidine rings is 1. The third-order valence-corrected chi connectivity index (χ3v) is 5.89. The summed E-state index contributed by atoms with van der Waals surface area (Å²) in [5.74, 6) is 2.57. The van der Waals surface area contributed by atoms with Crippen molar-refractivity contribution in [2.24, 2.45) is 7.05 Å². The maximum atomic E-state index is 12.7. The quantitative estimate of drug-likeness (QED) is 0.824. The van der Waals surface area contributed by atoms with E-state index >= 15 is 0 Å². The SMILES string of the molecule is Cn1c(SCC(=O)N2CCOc3ccccc32)nnc1C1CCCNC1. The van der Waals surface area contributed by atoms with Crippen LogP contribution in [0.2, 0.25) is 0 Å². The molecule has 1 saturated heterocycles. The van der Waals surface area contributed by atoms with E-state index < -0.39 is 0 Å². The van der Waals surface area contributed by atoms with Crippen LogP contribution in [0.5, 0.6) is 5.75 Å². The van der Waals surface area contributed by atoms with Crippen molar-refractivity contribution in [2.45, 2.75) is 23.9 Å². The molecule has 26 heavy (non-hydrogen) atoms. The monoisotopic (exact) mass is 373 g/mol. The Morgan fingerprint density at radius 2 is 2.27 bits per heavy atom. The second-order valence-electron chi connectivity index (χ2n) is 6.59. The van der Waals surface area contributed by atoms with Crippen LogP contribution in [0.4, 0.5) is 5.69 Å². The number of aromatic nitrogens is 3. The lowest BCUT2D eigenvalue weighted by atomic mass is 9.99. The van der Waals surface area contributed by atoms with Crippen molar-refractivity contribution < 1.29 is 9.53 Å². The molecule has 7 nitrogen and oxygen atoms in total. The fourth-order valence-electron chi connectivity index (χ4n) is 3.51. The summed E-state index contributed by atoms with van der Waals surface area (Å²) in [6, 6.07) is 7.67. The number of anilines is 1. The molecule has 0 spiro atoms. The third kappa shape index (κ3) is 3.43. The van der Waals surface area contributed by atoms with Crippen molar-refractivity contribution in [3.63, 3.8) is 0 Å². The predicted molar refractivity (Wildman–Crippen MR) is 101 cm³/mol. The number of rotatable bonds is 4. The average Bonchev–Trinajstić information content (AvgIpc) is 3.07. The predicted octanol–water partition coefficient (Wildman–Crippen LogP) is 1.80. The summed E-state index contributed by atoms with van der Waals surface area (Å²) in [6.45, 7) is 3.12. The Hall–Kier alpha value is -2.06. The van der Waals surface area contributed by atoms with Crippen molar-refractivity contribution in [1.29, 1.82) is 0 Å². The molecule has 1 aromatic carbocycles. The van der Waals surface area contributed by atoms with Gasteiger partial charge in [0.1, 0.15) is 18.2 Å². The van der Waals surface area contributed by atoms with Crippen molar-refractivity contribution in [1.82, 2.24) is 20.1 Å². The van der Waals surface area contributed by atoms with Crippen LogP contribution in [0.15, 0.2) is 29.4 Å². The zero-order valence-corrected chi connectivity index (χ0v) is 15.7. The number of nitrogens with zero attached hydrogens (tertiary/aromatic N) is 4. The number of amides is 1. The van der Waals surface area contributed by atoms with E-state index in [-0.39, 0.29) is 5.91 Å². The molecule has 0 bridgehead atoms. The van der Waals surface area contributed by atoms with Gasteiger partial charge in [-0.05, 0) is 31.5 Å². The number of para-hydroxylation sites is 2. The van der Waals surface area contributed by atoms with E-state index in [9.17, 15) is 4.79 Å². The molecule has 1 fully saturated rings. The van der Waals surface area contributed by atoms with Gasteiger partial charge in [-0.1, -0.05) is 23.9 Å². The van der Waals surface area contributed by atoms with Crippen LogP contribution in [0, 0.1) is 0 Å². The molecular formula is C18H23N5O2S. The number of hydrogen-bond donors (Lipinski definition) is 1. The van der Waals surface area contributed by atoms with Crippen molar-refractivity contribution in [3.05, 3.63) is 30.1 Å². The second kappa shape index (κ2) is 7.67. The Morgan fingerprint density at radius 3 is 3.12 bits per heavy atom. The fourth-order valence-corrected chi connectivity index (χ4v) is 4.31. The fraction of sp³-hybridized carbons (Fsp3) is 0.500. The first kappa shape index (κ1) is 17.4. The maximum absolute atomic E-state index is 12.7. The Balaban J connectivity index is 1.42. The summed E-state index contributed by atoms with van der Waals surface area (Å²) in [5, 5.41) is 12.9. The first-order chi connectivity index (χ1) is 12.7. The topological polar surface area (TPSA) is 72.3 Å². The standard InChI is InChI=1S/C18H23N5O2S/c1-22-17(13-5-4-8-19-11-13)20-21-18(22)26-12-16(24)23-9-10-25-15-7-3-2-6-14(15)23/h2-3,6-7,13,19H,4-5,8-12H2,1H3. The van der Waals surface area contributed by atoms with E-state index in [2.05, 4.69) is 15.5 Å². The number of nitrogens with one attached hydrogen (secondary N) is 1. The molecule has 3 heterocycles. The molecule has 1 aromatic heterocycles. The number of hydrogen-bond acceptors (Lipinski definition) is 6. The molecule has 1 amide bonds. The van der Waals surface area contributed by atoms with E-state index in [1.54, 1.807) is 4.90 Å². The van der Waals surface area contributed by atoms with Crippen LogP contribution in [0.3, 0.4) is 0 Å². The Labute approximate surface area is 157 Å². The number of carbonyl (C=O) groups is 1. The summed E-state index contributed by atoms with van der Waals surface area (Å²) in [4.78, 5) is 14.5. The lowest BCUT2D eigenvalue weighted by Crippen LogP contribution is -2.39. The maximum Gasteiger partial charge on any atom is 0.237 e. The van der Waals surface area contributed by atoms with Gasteiger partial charge in [-0.2, -0.15) is 0 Å². The molecule has 8 heteroatoms. The second-order valence-corrected chi connectivity index (χ2v) is 7.54. The van der Waals surface area contributed by atoms with E-state index in [1.807, 2.05) is 35.9 Å². The minimum absolute atomic E-state index is 0.0645. The molecule has 0 aliphatic carbocycles. The molecule has 2 aliphatic rings. The highest BCUT2D eigenvalue weighted by atomic mass is 32.2. The molecular weight excluding hydrogens is 350 g/mol. The summed E-state index contributed by atoms with van der Waals surface area (Å²) >= 11 is 1.45. The summed E-state index contributed by atoms with van der Waals surface area (Å²) in [6.07, 6.45) is 2.29. The largest absolute Gasteiger partial charge is 0.490 e. The van der Waals surface area contributed by atoms with E-state index in [4.69, 9.17) is 4.74 Å². The minimum Gasteiger partial charge on any atom is -0.490 e. The van der Waals surface area contributed by atoms with Gasteiger partial charge < -0.3 is 19.5 Å². The number of ether oxygens (including phenoxy) is 1. The van der Waals surface area contributed by atoms with Gasteiger partial charge >= 0.3 is 0 Å². The average molecular weight is 373 g/mol. The van der Waals surface area contributed by atoms with Crippen molar-refractivity contribution >= 4 is 23.4 Å².